The fourth-order valence-electron chi connectivity index (χ4n) is 4.00. The summed E-state index contributed by atoms with van der Waals surface area (Å²) in [5.41, 5.74) is 1.32. The molecule has 1 atom stereocenters. The maximum atomic E-state index is 13.4. The number of nitrogens with zero attached hydrogens (tertiary/aromatic N) is 1. The Morgan fingerprint density at radius 2 is 1.65 bits per heavy atom. The van der Waals surface area contributed by atoms with Gasteiger partial charge in [-0.15, -0.1) is 0 Å². The molecule has 1 saturated carbocycles. The SMILES string of the molecule is COc1ccc(C(=O)Nc2ccc(NC(=O)NC3CC3)cc2)cc1S(=O)(=O)N1CCCCC1C. The molecule has 2 aliphatic rings. The predicted octanol–water partition coefficient (Wildman–Crippen LogP) is 3.79. The molecule has 1 aliphatic heterocycles. The molecule has 3 amide bonds. The molecule has 34 heavy (non-hydrogen) atoms. The Morgan fingerprint density at radius 3 is 2.26 bits per heavy atom. The first kappa shape index (κ1) is 24.0. The summed E-state index contributed by atoms with van der Waals surface area (Å²) in [4.78, 5) is 24.7. The van der Waals surface area contributed by atoms with Crippen LogP contribution in [0.25, 0.3) is 0 Å². The smallest absolute Gasteiger partial charge is 0.319 e. The summed E-state index contributed by atoms with van der Waals surface area (Å²) in [6.45, 7) is 2.34. The Bertz CT molecular complexity index is 1160. The lowest BCUT2D eigenvalue weighted by Crippen LogP contribution is -2.42. The first-order valence-corrected chi connectivity index (χ1v) is 12.9. The van der Waals surface area contributed by atoms with Gasteiger partial charge in [-0.05, 0) is 75.1 Å². The number of ether oxygens (including phenoxy) is 1. The van der Waals surface area contributed by atoms with E-state index in [0.29, 0.717) is 17.9 Å². The van der Waals surface area contributed by atoms with Gasteiger partial charge < -0.3 is 20.7 Å². The Hall–Kier alpha value is -3.11. The first-order chi connectivity index (χ1) is 16.3. The molecule has 0 spiro atoms. The zero-order valence-corrected chi connectivity index (χ0v) is 20.2. The Kier molecular flexibility index (Phi) is 7.08. The van der Waals surface area contributed by atoms with Crippen molar-refractivity contribution in [2.45, 2.75) is 56.0 Å². The highest BCUT2D eigenvalue weighted by atomic mass is 32.2. The number of hydrogen-bond donors (Lipinski definition) is 3. The summed E-state index contributed by atoms with van der Waals surface area (Å²) >= 11 is 0. The van der Waals surface area contributed by atoms with Crippen molar-refractivity contribution in [3.05, 3.63) is 48.0 Å². The third-order valence-electron chi connectivity index (χ3n) is 6.07. The van der Waals surface area contributed by atoms with Crippen molar-refractivity contribution < 1.29 is 22.7 Å². The van der Waals surface area contributed by atoms with Gasteiger partial charge in [0.15, 0.2) is 0 Å². The number of carbonyl (C=O) groups excluding carboxylic acids is 2. The second kappa shape index (κ2) is 10.0. The minimum Gasteiger partial charge on any atom is -0.495 e. The van der Waals surface area contributed by atoms with Gasteiger partial charge in [0.1, 0.15) is 10.6 Å². The van der Waals surface area contributed by atoms with Crippen molar-refractivity contribution in [2.24, 2.45) is 0 Å². The predicted molar refractivity (Wildman–Crippen MR) is 130 cm³/mol. The molecule has 2 aromatic carbocycles. The summed E-state index contributed by atoms with van der Waals surface area (Å²) in [6.07, 6.45) is 4.61. The zero-order chi connectivity index (χ0) is 24.3. The van der Waals surface area contributed by atoms with E-state index in [-0.39, 0.29) is 34.3 Å². The summed E-state index contributed by atoms with van der Waals surface area (Å²) in [5, 5.41) is 8.36. The highest BCUT2D eigenvalue weighted by Gasteiger charge is 2.33. The van der Waals surface area contributed by atoms with Crippen LogP contribution in [0.5, 0.6) is 5.75 Å². The Morgan fingerprint density at radius 1 is 0.971 bits per heavy atom. The van der Waals surface area contributed by atoms with E-state index >= 15 is 0 Å². The Balaban J connectivity index is 1.48. The molecule has 3 N–H and O–H groups in total. The third-order valence-corrected chi connectivity index (χ3v) is 8.10. The summed E-state index contributed by atoms with van der Waals surface area (Å²) in [5.74, 6) is -0.243. The number of methoxy groups -OCH3 is 1. The number of sulfonamides is 1. The number of carbonyl (C=O) groups is 2. The fraction of sp³-hybridized carbons (Fsp3) is 0.417. The van der Waals surface area contributed by atoms with Crippen LogP contribution in [-0.4, -0.2) is 50.4 Å². The van der Waals surface area contributed by atoms with E-state index in [1.54, 1.807) is 24.3 Å². The van der Waals surface area contributed by atoms with E-state index in [0.717, 1.165) is 32.1 Å². The molecule has 2 aromatic rings. The van der Waals surface area contributed by atoms with Crippen LogP contribution in [0.2, 0.25) is 0 Å². The maximum absolute atomic E-state index is 13.4. The van der Waals surface area contributed by atoms with Crippen molar-refractivity contribution in [2.75, 3.05) is 24.3 Å². The second-order valence-corrected chi connectivity index (χ2v) is 10.6. The highest BCUT2D eigenvalue weighted by molar-refractivity contribution is 7.89. The van der Waals surface area contributed by atoms with Gasteiger partial charge in [-0.3, -0.25) is 4.79 Å². The largest absolute Gasteiger partial charge is 0.495 e. The molecule has 1 saturated heterocycles. The van der Waals surface area contributed by atoms with Gasteiger partial charge in [0, 0.05) is 35.6 Å². The molecular weight excluding hydrogens is 456 g/mol. The molecule has 2 fully saturated rings. The lowest BCUT2D eigenvalue weighted by molar-refractivity contribution is 0.102. The molecule has 1 unspecified atom stereocenters. The standard InChI is InChI=1S/C24H30N4O5S/c1-16-5-3-4-14-28(16)34(31,32)22-15-17(6-13-21(22)33-2)23(29)25-18-7-9-19(10-8-18)26-24(30)27-20-11-12-20/h6-10,13,15-16,20H,3-5,11-12,14H2,1-2H3,(H,25,29)(H2,26,27,30). The molecule has 182 valence electrons. The average Bonchev–Trinajstić information content (AvgIpc) is 3.64. The molecule has 10 heteroatoms. The van der Waals surface area contributed by atoms with Crippen LogP contribution in [0, 0.1) is 0 Å². The quantitative estimate of drug-likeness (QED) is 0.550. The van der Waals surface area contributed by atoms with Gasteiger partial charge in [0.25, 0.3) is 5.91 Å². The minimum absolute atomic E-state index is 0.0161. The van der Waals surface area contributed by atoms with E-state index in [2.05, 4.69) is 16.0 Å². The maximum Gasteiger partial charge on any atom is 0.319 e. The van der Waals surface area contributed by atoms with Crippen LogP contribution in [0.3, 0.4) is 0 Å². The van der Waals surface area contributed by atoms with E-state index in [1.165, 1.54) is 29.6 Å². The van der Waals surface area contributed by atoms with E-state index in [1.807, 2.05) is 6.92 Å². The number of amides is 3. The topological polar surface area (TPSA) is 117 Å². The Labute approximate surface area is 199 Å². The van der Waals surface area contributed by atoms with Crippen LogP contribution in [0.15, 0.2) is 47.4 Å². The number of hydrogen-bond acceptors (Lipinski definition) is 5. The van der Waals surface area contributed by atoms with Gasteiger partial charge >= 0.3 is 6.03 Å². The van der Waals surface area contributed by atoms with E-state index < -0.39 is 15.9 Å². The number of anilines is 2. The molecule has 0 radical (unpaired) electrons. The lowest BCUT2D eigenvalue weighted by atomic mass is 10.1. The third kappa shape index (κ3) is 5.51. The van der Waals surface area contributed by atoms with Gasteiger partial charge in [-0.1, -0.05) is 6.42 Å². The monoisotopic (exact) mass is 486 g/mol. The molecule has 1 heterocycles. The number of piperidine rings is 1. The van der Waals surface area contributed by atoms with Crippen molar-refractivity contribution in [1.82, 2.24) is 9.62 Å². The van der Waals surface area contributed by atoms with Crippen molar-refractivity contribution in [3.8, 4) is 5.75 Å². The zero-order valence-electron chi connectivity index (χ0n) is 19.3. The molecular formula is C24H30N4O5S. The second-order valence-electron chi connectivity index (χ2n) is 8.73. The van der Waals surface area contributed by atoms with Crippen molar-refractivity contribution >= 4 is 33.3 Å². The van der Waals surface area contributed by atoms with Crippen molar-refractivity contribution in [3.63, 3.8) is 0 Å². The first-order valence-electron chi connectivity index (χ1n) is 11.5. The van der Waals surface area contributed by atoms with Crippen LogP contribution < -0.4 is 20.7 Å². The van der Waals surface area contributed by atoms with Crippen LogP contribution >= 0.6 is 0 Å². The molecule has 9 nitrogen and oxygen atoms in total. The number of nitrogens with one attached hydrogen (secondary N) is 3. The van der Waals surface area contributed by atoms with E-state index in [4.69, 9.17) is 4.74 Å². The normalized spacial score (nSPS) is 18.7. The fourth-order valence-corrected chi connectivity index (χ4v) is 5.88. The average molecular weight is 487 g/mol. The summed E-state index contributed by atoms with van der Waals surface area (Å²) < 4.78 is 33.6. The van der Waals surface area contributed by atoms with Crippen molar-refractivity contribution in [1.29, 1.82) is 0 Å². The molecule has 4 rings (SSSR count). The lowest BCUT2D eigenvalue weighted by Gasteiger charge is -2.32. The summed E-state index contributed by atoms with van der Waals surface area (Å²) in [6, 6.07) is 11.0. The van der Waals surface area contributed by atoms with Gasteiger partial charge in [-0.25, -0.2) is 13.2 Å². The number of benzene rings is 2. The number of rotatable bonds is 7. The van der Waals surface area contributed by atoms with Gasteiger partial charge in [0.05, 0.1) is 7.11 Å². The summed E-state index contributed by atoms with van der Waals surface area (Å²) in [7, 11) is -2.41. The molecule has 0 bridgehead atoms. The molecule has 0 aromatic heterocycles. The minimum atomic E-state index is -3.82. The van der Waals surface area contributed by atoms with Gasteiger partial charge in [-0.2, -0.15) is 4.31 Å². The van der Waals surface area contributed by atoms with Crippen LogP contribution in [-0.2, 0) is 10.0 Å². The number of urea groups is 1. The van der Waals surface area contributed by atoms with Crippen LogP contribution in [0.1, 0.15) is 49.4 Å². The van der Waals surface area contributed by atoms with E-state index in [9.17, 15) is 18.0 Å². The molecule has 1 aliphatic carbocycles. The highest BCUT2D eigenvalue weighted by Crippen LogP contribution is 2.32. The van der Waals surface area contributed by atoms with Gasteiger partial charge in [0.2, 0.25) is 10.0 Å². The van der Waals surface area contributed by atoms with Crippen LogP contribution in [0.4, 0.5) is 16.2 Å².